The number of halogens is 2. The Bertz CT molecular complexity index is 310. The van der Waals surface area contributed by atoms with Crippen LogP contribution >= 0.6 is 22.2 Å². The average Bonchev–Trinajstić information content (AvgIpc) is 2.08. The van der Waals surface area contributed by atoms with Gasteiger partial charge in [-0.15, -0.1) is 0 Å². The highest BCUT2D eigenvalue weighted by atomic mass is 35.7. The van der Waals surface area contributed by atoms with Crippen molar-refractivity contribution in [2.45, 2.75) is 32.7 Å². The summed E-state index contributed by atoms with van der Waals surface area (Å²) in [6, 6.07) is 7.38. The Morgan fingerprint density at radius 3 is 2.50 bits per heavy atom. The largest absolute Gasteiger partial charge is 0.237 e. The molecule has 14 heavy (non-hydrogen) atoms. The van der Waals surface area contributed by atoms with Gasteiger partial charge in [-0.2, -0.15) is 22.2 Å². The lowest BCUT2D eigenvalue weighted by atomic mass is 9.95. The number of hydrogen-bond donors (Lipinski definition) is 0. The van der Waals surface area contributed by atoms with E-state index in [2.05, 4.69) is 39.0 Å². The van der Waals surface area contributed by atoms with Gasteiger partial charge < -0.3 is 0 Å². The fourth-order valence-electron chi connectivity index (χ4n) is 1.70. The SMILES string of the molecule is Cc1cccc(C(C)C[SiH](Cl)Cl)c1C. The van der Waals surface area contributed by atoms with Crippen LogP contribution in [0.1, 0.15) is 29.5 Å². The van der Waals surface area contributed by atoms with Crippen LogP contribution in [0.15, 0.2) is 18.2 Å². The summed E-state index contributed by atoms with van der Waals surface area (Å²) in [6.45, 7) is 6.51. The van der Waals surface area contributed by atoms with Crippen molar-refractivity contribution in [2.24, 2.45) is 0 Å². The number of hydrogen-bond acceptors (Lipinski definition) is 0. The summed E-state index contributed by atoms with van der Waals surface area (Å²) in [6.07, 6.45) is 0. The molecule has 0 fully saturated rings. The molecule has 3 heteroatoms. The van der Waals surface area contributed by atoms with Crippen molar-refractivity contribution in [1.82, 2.24) is 0 Å². The van der Waals surface area contributed by atoms with Crippen molar-refractivity contribution in [3.8, 4) is 0 Å². The van der Waals surface area contributed by atoms with Gasteiger partial charge in [0.25, 0.3) is 0 Å². The minimum absolute atomic E-state index is 0.488. The molecule has 78 valence electrons. The molecule has 0 aliphatic heterocycles. The zero-order chi connectivity index (χ0) is 10.7. The predicted octanol–water partition coefficient (Wildman–Crippen LogP) is 4.11. The molecule has 0 amide bonds. The summed E-state index contributed by atoms with van der Waals surface area (Å²) >= 11 is 11.8. The van der Waals surface area contributed by atoms with E-state index in [1.807, 2.05) is 0 Å². The van der Waals surface area contributed by atoms with E-state index in [4.69, 9.17) is 22.2 Å². The van der Waals surface area contributed by atoms with E-state index in [1.54, 1.807) is 0 Å². The Morgan fingerprint density at radius 2 is 1.93 bits per heavy atom. The molecule has 0 nitrogen and oxygen atoms in total. The summed E-state index contributed by atoms with van der Waals surface area (Å²) in [5, 5.41) is 0. The molecule has 1 unspecified atom stereocenters. The summed E-state index contributed by atoms with van der Waals surface area (Å²) < 4.78 is 0. The van der Waals surface area contributed by atoms with Crippen molar-refractivity contribution in [3.05, 3.63) is 34.9 Å². The molecule has 0 saturated carbocycles. The van der Waals surface area contributed by atoms with Crippen LogP contribution in [0.2, 0.25) is 6.04 Å². The van der Waals surface area contributed by atoms with Gasteiger partial charge in [0.2, 0.25) is 7.42 Å². The number of aryl methyl sites for hydroxylation is 1. The Labute approximate surface area is 97.3 Å². The molecule has 1 atom stereocenters. The van der Waals surface area contributed by atoms with E-state index < -0.39 is 7.42 Å². The lowest BCUT2D eigenvalue weighted by molar-refractivity contribution is 0.848. The van der Waals surface area contributed by atoms with Crippen LogP contribution in [0.3, 0.4) is 0 Å². The van der Waals surface area contributed by atoms with Crippen LogP contribution in [-0.4, -0.2) is 7.42 Å². The van der Waals surface area contributed by atoms with Gasteiger partial charge in [-0.3, -0.25) is 0 Å². The highest BCUT2D eigenvalue weighted by Crippen LogP contribution is 2.27. The van der Waals surface area contributed by atoms with Crippen LogP contribution in [0, 0.1) is 13.8 Å². The van der Waals surface area contributed by atoms with E-state index in [-0.39, 0.29) is 0 Å². The van der Waals surface area contributed by atoms with Gasteiger partial charge in [-0.25, -0.2) is 0 Å². The van der Waals surface area contributed by atoms with E-state index in [0.29, 0.717) is 5.92 Å². The van der Waals surface area contributed by atoms with Crippen LogP contribution in [-0.2, 0) is 0 Å². The molecule has 0 radical (unpaired) electrons. The van der Waals surface area contributed by atoms with E-state index >= 15 is 0 Å². The van der Waals surface area contributed by atoms with Gasteiger partial charge in [0, 0.05) is 0 Å². The van der Waals surface area contributed by atoms with Gasteiger partial charge in [-0.1, -0.05) is 25.1 Å². The zero-order valence-corrected chi connectivity index (χ0v) is 11.5. The Balaban J connectivity index is 2.89. The third-order valence-electron chi connectivity index (χ3n) is 2.71. The lowest BCUT2D eigenvalue weighted by Crippen LogP contribution is -2.03. The molecular weight excluding hydrogens is 231 g/mol. The molecular formula is C11H16Cl2Si. The second kappa shape index (κ2) is 5.20. The second-order valence-corrected chi connectivity index (χ2v) is 8.90. The second-order valence-electron chi connectivity index (χ2n) is 3.82. The van der Waals surface area contributed by atoms with Crippen molar-refractivity contribution in [2.75, 3.05) is 0 Å². The molecule has 1 aromatic carbocycles. The summed E-state index contributed by atoms with van der Waals surface area (Å²) in [5.74, 6) is 0.488. The Hall–Kier alpha value is 0.0169. The fraction of sp³-hybridized carbons (Fsp3) is 0.455. The predicted molar refractivity (Wildman–Crippen MR) is 68.0 cm³/mol. The Kier molecular flexibility index (Phi) is 4.49. The van der Waals surface area contributed by atoms with Crippen LogP contribution in [0.4, 0.5) is 0 Å². The van der Waals surface area contributed by atoms with Crippen LogP contribution in [0.25, 0.3) is 0 Å². The quantitative estimate of drug-likeness (QED) is 0.557. The highest BCUT2D eigenvalue weighted by Gasteiger charge is 2.13. The van der Waals surface area contributed by atoms with Gasteiger partial charge in [-0.05, 0) is 42.5 Å². The van der Waals surface area contributed by atoms with E-state index in [1.165, 1.54) is 16.7 Å². The molecule has 1 aromatic rings. The minimum Gasteiger partial charge on any atom is -0.150 e. The van der Waals surface area contributed by atoms with Gasteiger partial charge in [0.15, 0.2) is 0 Å². The highest BCUT2D eigenvalue weighted by molar-refractivity contribution is 7.33. The lowest BCUT2D eigenvalue weighted by Gasteiger charge is -2.15. The molecule has 0 saturated heterocycles. The maximum absolute atomic E-state index is 5.92. The monoisotopic (exact) mass is 246 g/mol. The van der Waals surface area contributed by atoms with Crippen LogP contribution in [0.5, 0.6) is 0 Å². The van der Waals surface area contributed by atoms with E-state index in [0.717, 1.165) is 6.04 Å². The van der Waals surface area contributed by atoms with Crippen LogP contribution < -0.4 is 0 Å². The van der Waals surface area contributed by atoms with Crippen molar-refractivity contribution < 1.29 is 0 Å². The topological polar surface area (TPSA) is 0 Å². The minimum atomic E-state index is -1.49. The number of rotatable bonds is 3. The van der Waals surface area contributed by atoms with Gasteiger partial charge in [0.05, 0.1) is 0 Å². The summed E-state index contributed by atoms with van der Waals surface area (Å²) in [7, 11) is -1.49. The number of benzene rings is 1. The molecule has 0 aliphatic rings. The first kappa shape index (κ1) is 12.1. The standard InChI is InChI=1S/C11H16Cl2Si/c1-8-5-4-6-11(10(8)3)9(2)7-14(12)13/h4-6,9,14H,7H2,1-3H3. The fourth-order valence-corrected chi connectivity index (χ4v) is 4.09. The normalized spacial score (nSPS) is 13.3. The third-order valence-corrected chi connectivity index (χ3v) is 4.84. The van der Waals surface area contributed by atoms with E-state index in [9.17, 15) is 0 Å². The third kappa shape index (κ3) is 3.01. The summed E-state index contributed by atoms with van der Waals surface area (Å²) in [5.41, 5.74) is 4.11. The molecule has 0 bridgehead atoms. The molecule has 0 aromatic heterocycles. The molecule has 0 aliphatic carbocycles. The first-order chi connectivity index (χ1) is 6.52. The smallest absolute Gasteiger partial charge is 0.150 e. The average molecular weight is 247 g/mol. The van der Waals surface area contributed by atoms with Gasteiger partial charge >= 0.3 is 0 Å². The first-order valence-electron chi connectivity index (χ1n) is 4.86. The van der Waals surface area contributed by atoms with Gasteiger partial charge in [0.1, 0.15) is 0 Å². The molecule has 0 N–H and O–H groups in total. The van der Waals surface area contributed by atoms with Crippen molar-refractivity contribution in [3.63, 3.8) is 0 Å². The zero-order valence-electron chi connectivity index (χ0n) is 8.85. The van der Waals surface area contributed by atoms with Crippen molar-refractivity contribution in [1.29, 1.82) is 0 Å². The van der Waals surface area contributed by atoms with Crippen molar-refractivity contribution >= 4 is 29.6 Å². The molecule has 0 heterocycles. The summed E-state index contributed by atoms with van der Waals surface area (Å²) in [4.78, 5) is 0. The molecule has 1 rings (SSSR count). The Morgan fingerprint density at radius 1 is 1.29 bits per heavy atom. The maximum atomic E-state index is 5.92. The maximum Gasteiger partial charge on any atom is 0.237 e. The first-order valence-corrected chi connectivity index (χ1v) is 9.17. The molecule has 0 spiro atoms.